The molecule has 0 spiro atoms. The van der Waals surface area contributed by atoms with E-state index in [1.807, 2.05) is 43.3 Å². The lowest BCUT2D eigenvalue weighted by Crippen LogP contribution is -2.45. The molecule has 0 saturated heterocycles. The fourth-order valence-corrected chi connectivity index (χ4v) is 3.34. The van der Waals surface area contributed by atoms with Gasteiger partial charge in [0, 0.05) is 6.54 Å². The van der Waals surface area contributed by atoms with Crippen molar-refractivity contribution in [3.8, 4) is 17.2 Å². The second-order valence-electron chi connectivity index (χ2n) is 8.40. The van der Waals surface area contributed by atoms with Crippen LogP contribution in [-0.2, 0) is 21.5 Å². The molecule has 2 aromatic rings. The van der Waals surface area contributed by atoms with Crippen LogP contribution in [0.5, 0.6) is 17.2 Å². The molecule has 166 valence electrons. The maximum Gasteiger partial charge on any atom is 0.265 e. The Balaban J connectivity index is 1.70. The number of anilines is 1. The van der Waals surface area contributed by atoms with Crippen molar-refractivity contribution in [1.29, 1.82) is 0 Å². The third-order valence-electron chi connectivity index (χ3n) is 5.09. The Morgan fingerprint density at radius 2 is 1.94 bits per heavy atom. The Morgan fingerprint density at radius 1 is 1.16 bits per heavy atom. The van der Waals surface area contributed by atoms with E-state index in [1.54, 1.807) is 7.11 Å². The number of hydrogen-bond acceptors (Lipinski definition) is 5. The minimum Gasteiger partial charge on any atom is -0.493 e. The van der Waals surface area contributed by atoms with Gasteiger partial charge in [-0.15, -0.1) is 0 Å². The number of carbonyl (C=O) groups excluding carboxylic acids is 2. The van der Waals surface area contributed by atoms with Gasteiger partial charge in [0.05, 0.1) is 19.4 Å². The second-order valence-corrected chi connectivity index (χ2v) is 8.40. The number of rotatable bonds is 7. The Labute approximate surface area is 183 Å². The summed E-state index contributed by atoms with van der Waals surface area (Å²) in [7, 11) is 1.58. The Hall–Kier alpha value is -3.22. The number of fused-ring (bicyclic) bond motifs is 1. The van der Waals surface area contributed by atoms with Crippen LogP contribution in [0.3, 0.4) is 0 Å². The number of amides is 2. The zero-order valence-corrected chi connectivity index (χ0v) is 18.8. The molecule has 0 radical (unpaired) electrons. The molecule has 0 aromatic heterocycles. The van der Waals surface area contributed by atoms with E-state index in [0.717, 1.165) is 11.1 Å². The van der Waals surface area contributed by atoms with Gasteiger partial charge in [-0.3, -0.25) is 14.5 Å². The van der Waals surface area contributed by atoms with Gasteiger partial charge in [0.2, 0.25) is 5.91 Å². The quantitative estimate of drug-likeness (QED) is 0.734. The van der Waals surface area contributed by atoms with Gasteiger partial charge in [0.25, 0.3) is 5.91 Å². The molecule has 7 nitrogen and oxygen atoms in total. The number of benzene rings is 2. The normalized spacial score (nSPS) is 13.3. The van der Waals surface area contributed by atoms with Crippen molar-refractivity contribution in [2.75, 3.05) is 31.8 Å². The molecular weight excluding hydrogens is 396 g/mol. The van der Waals surface area contributed by atoms with Crippen LogP contribution in [0.15, 0.2) is 36.4 Å². The van der Waals surface area contributed by atoms with E-state index in [4.69, 9.17) is 14.2 Å². The van der Waals surface area contributed by atoms with Crippen LogP contribution < -0.4 is 24.4 Å². The summed E-state index contributed by atoms with van der Waals surface area (Å²) in [5.41, 5.74) is 2.48. The van der Waals surface area contributed by atoms with Crippen molar-refractivity contribution in [1.82, 2.24) is 5.32 Å². The topological polar surface area (TPSA) is 77.1 Å². The molecule has 2 aromatic carbocycles. The van der Waals surface area contributed by atoms with E-state index in [9.17, 15) is 9.59 Å². The van der Waals surface area contributed by atoms with Crippen molar-refractivity contribution < 1.29 is 23.8 Å². The molecule has 1 N–H and O–H groups in total. The lowest BCUT2D eigenvalue weighted by molar-refractivity contribution is -0.125. The highest BCUT2D eigenvalue weighted by molar-refractivity contribution is 6.02. The Bertz CT molecular complexity index is 965. The maximum atomic E-state index is 12.6. The van der Waals surface area contributed by atoms with E-state index in [-0.39, 0.29) is 30.4 Å². The smallest absolute Gasteiger partial charge is 0.265 e. The molecule has 7 heteroatoms. The van der Waals surface area contributed by atoms with Crippen LogP contribution in [0, 0.1) is 0 Å². The fourth-order valence-electron chi connectivity index (χ4n) is 3.34. The SMILES string of the molecule is CCOc1ccc(CNC(=O)CN2C(=O)COc3ccc(C(C)(C)C)cc32)cc1OC. The van der Waals surface area contributed by atoms with Crippen LogP contribution in [0.1, 0.15) is 38.8 Å². The summed E-state index contributed by atoms with van der Waals surface area (Å²) in [6.07, 6.45) is 0. The van der Waals surface area contributed by atoms with Crippen molar-refractivity contribution in [3.63, 3.8) is 0 Å². The van der Waals surface area contributed by atoms with Crippen LogP contribution in [0.2, 0.25) is 0 Å². The number of nitrogens with zero attached hydrogens (tertiary/aromatic N) is 1. The summed E-state index contributed by atoms with van der Waals surface area (Å²) in [5.74, 6) is 1.38. The summed E-state index contributed by atoms with van der Waals surface area (Å²) in [5, 5.41) is 2.88. The van der Waals surface area contributed by atoms with Crippen LogP contribution >= 0.6 is 0 Å². The van der Waals surface area contributed by atoms with Gasteiger partial charge < -0.3 is 19.5 Å². The summed E-state index contributed by atoms with van der Waals surface area (Å²) in [6, 6.07) is 11.3. The molecule has 0 fully saturated rings. The second kappa shape index (κ2) is 9.29. The minimum absolute atomic E-state index is 0.0725. The van der Waals surface area contributed by atoms with Gasteiger partial charge in [-0.05, 0) is 47.7 Å². The molecule has 1 aliphatic heterocycles. The largest absolute Gasteiger partial charge is 0.493 e. The van der Waals surface area contributed by atoms with Crippen molar-refractivity contribution >= 4 is 17.5 Å². The molecule has 0 bridgehead atoms. The first kappa shape index (κ1) is 22.5. The van der Waals surface area contributed by atoms with Crippen LogP contribution in [0.25, 0.3) is 0 Å². The predicted molar refractivity (Wildman–Crippen MR) is 119 cm³/mol. The maximum absolute atomic E-state index is 12.6. The summed E-state index contributed by atoms with van der Waals surface area (Å²) >= 11 is 0. The highest BCUT2D eigenvalue weighted by Gasteiger charge is 2.29. The number of nitrogens with one attached hydrogen (secondary N) is 1. The molecule has 0 atom stereocenters. The van der Waals surface area contributed by atoms with Gasteiger partial charge in [-0.25, -0.2) is 0 Å². The standard InChI is InChI=1S/C24H30N2O5/c1-6-30-20-9-7-16(11-21(20)29-5)13-25-22(27)14-26-18-12-17(24(2,3)4)8-10-19(18)31-15-23(26)28/h7-12H,6,13-15H2,1-5H3,(H,25,27). The highest BCUT2D eigenvalue weighted by Crippen LogP contribution is 2.36. The first-order valence-electron chi connectivity index (χ1n) is 10.4. The minimum atomic E-state index is -0.254. The van der Waals surface area contributed by atoms with Gasteiger partial charge in [0.15, 0.2) is 18.1 Å². The molecule has 0 aliphatic carbocycles. The summed E-state index contributed by atoms with van der Waals surface area (Å²) in [6.45, 7) is 8.91. The molecular formula is C24H30N2O5. The average Bonchev–Trinajstić information content (AvgIpc) is 2.74. The fraction of sp³-hybridized carbons (Fsp3) is 0.417. The summed E-state index contributed by atoms with van der Waals surface area (Å²) in [4.78, 5) is 26.6. The molecule has 3 rings (SSSR count). The van der Waals surface area contributed by atoms with Gasteiger partial charge in [0.1, 0.15) is 12.3 Å². The third kappa shape index (κ3) is 5.29. The number of hydrogen-bond donors (Lipinski definition) is 1. The third-order valence-corrected chi connectivity index (χ3v) is 5.09. The zero-order valence-electron chi connectivity index (χ0n) is 18.8. The predicted octanol–water partition coefficient (Wildman–Crippen LogP) is 3.43. The molecule has 0 unspecified atom stereocenters. The van der Waals surface area contributed by atoms with E-state index in [0.29, 0.717) is 36.1 Å². The van der Waals surface area contributed by atoms with Crippen molar-refractivity contribution in [2.45, 2.75) is 39.7 Å². The first-order chi connectivity index (χ1) is 14.7. The summed E-state index contributed by atoms with van der Waals surface area (Å²) < 4.78 is 16.4. The van der Waals surface area contributed by atoms with E-state index in [2.05, 4.69) is 26.1 Å². The highest BCUT2D eigenvalue weighted by atomic mass is 16.5. The van der Waals surface area contributed by atoms with Gasteiger partial charge >= 0.3 is 0 Å². The lowest BCUT2D eigenvalue weighted by Gasteiger charge is -2.31. The van der Waals surface area contributed by atoms with E-state index < -0.39 is 0 Å². The van der Waals surface area contributed by atoms with Crippen molar-refractivity contribution in [2.24, 2.45) is 0 Å². The average molecular weight is 427 g/mol. The lowest BCUT2D eigenvalue weighted by atomic mass is 9.86. The van der Waals surface area contributed by atoms with Crippen LogP contribution in [0.4, 0.5) is 5.69 Å². The number of ether oxygens (including phenoxy) is 3. The monoisotopic (exact) mass is 426 g/mol. The van der Waals surface area contributed by atoms with Crippen LogP contribution in [-0.4, -0.2) is 38.7 Å². The molecule has 2 amide bonds. The molecule has 1 heterocycles. The molecule has 31 heavy (non-hydrogen) atoms. The van der Waals surface area contributed by atoms with E-state index >= 15 is 0 Å². The number of carbonyl (C=O) groups is 2. The first-order valence-corrected chi connectivity index (χ1v) is 10.4. The number of methoxy groups -OCH3 is 1. The Kier molecular flexibility index (Phi) is 6.73. The van der Waals surface area contributed by atoms with Gasteiger partial charge in [-0.1, -0.05) is 32.9 Å². The zero-order chi connectivity index (χ0) is 22.6. The molecule has 1 aliphatic rings. The van der Waals surface area contributed by atoms with Crippen molar-refractivity contribution in [3.05, 3.63) is 47.5 Å². The van der Waals surface area contributed by atoms with Gasteiger partial charge in [-0.2, -0.15) is 0 Å². The Morgan fingerprint density at radius 3 is 2.61 bits per heavy atom. The van der Waals surface area contributed by atoms with E-state index in [1.165, 1.54) is 4.90 Å². The molecule has 0 saturated carbocycles.